The maximum absolute atomic E-state index is 12.0. The van der Waals surface area contributed by atoms with Crippen LogP contribution in [0.2, 0.25) is 0 Å². The van der Waals surface area contributed by atoms with E-state index in [1.807, 2.05) is 25.1 Å². The number of aryl methyl sites for hydroxylation is 1. The smallest absolute Gasteiger partial charge is 0.275 e. The Morgan fingerprint density at radius 1 is 1.20 bits per heavy atom. The summed E-state index contributed by atoms with van der Waals surface area (Å²) in [6, 6.07) is 8.94. The van der Waals surface area contributed by atoms with E-state index in [-0.39, 0.29) is 5.56 Å². The second-order valence-electron chi connectivity index (χ2n) is 6.18. The fourth-order valence-electron chi connectivity index (χ4n) is 3.09. The van der Waals surface area contributed by atoms with Crippen LogP contribution in [0.15, 0.2) is 35.1 Å². The lowest BCUT2D eigenvalue weighted by molar-refractivity contribution is 0.248. The second kappa shape index (κ2) is 6.45. The van der Waals surface area contributed by atoms with E-state index in [2.05, 4.69) is 19.9 Å². The van der Waals surface area contributed by atoms with Gasteiger partial charge in [0.25, 0.3) is 5.56 Å². The highest BCUT2D eigenvalue weighted by Crippen LogP contribution is 2.27. The zero-order chi connectivity index (χ0) is 17.4. The van der Waals surface area contributed by atoms with Crippen molar-refractivity contribution in [3.8, 4) is 5.75 Å². The van der Waals surface area contributed by atoms with E-state index < -0.39 is 0 Å². The van der Waals surface area contributed by atoms with E-state index in [1.54, 1.807) is 6.07 Å². The summed E-state index contributed by atoms with van der Waals surface area (Å²) in [4.78, 5) is 21.5. The van der Waals surface area contributed by atoms with Gasteiger partial charge in [-0.05, 0) is 19.1 Å². The molecule has 0 aliphatic carbocycles. The monoisotopic (exact) mass is 357 g/mol. The molecule has 1 saturated heterocycles. The topological polar surface area (TPSA) is 74.0 Å². The highest BCUT2D eigenvalue weighted by molar-refractivity contribution is 7.16. The van der Waals surface area contributed by atoms with Crippen LogP contribution in [-0.2, 0) is 6.54 Å². The highest BCUT2D eigenvalue weighted by Gasteiger charge is 2.20. The van der Waals surface area contributed by atoms with Crippen LogP contribution in [0.3, 0.4) is 0 Å². The van der Waals surface area contributed by atoms with Crippen LogP contribution in [0.25, 0.3) is 4.96 Å². The summed E-state index contributed by atoms with van der Waals surface area (Å²) >= 11 is 1.46. The van der Waals surface area contributed by atoms with Gasteiger partial charge >= 0.3 is 0 Å². The van der Waals surface area contributed by atoms with E-state index in [1.165, 1.54) is 21.9 Å². The van der Waals surface area contributed by atoms with Crippen LogP contribution in [0.5, 0.6) is 5.75 Å². The van der Waals surface area contributed by atoms with Crippen LogP contribution in [0.1, 0.15) is 10.7 Å². The fourth-order valence-corrected chi connectivity index (χ4v) is 4.08. The number of nitrogens with zero attached hydrogens (tertiary/aromatic N) is 5. The van der Waals surface area contributed by atoms with Gasteiger partial charge in [0.15, 0.2) is 0 Å². The molecule has 3 aromatic rings. The summed E-state index contributed by atoms with van der Waals surface area (Å²) in [6.45, 7) is 5.98. The predicted octanol–water partition coefficient (Wildman–Crippen LogP) is 1.49. The average molecular weight is 357 g/mol. The first-order valence-corrected chi connectivity index (χ1v) is 9.03. The number of benzene rings is 1. The lowest BCUT2D eigenvalue weighted by Gasteiger charge is -2.35. The highest BCUT2D eigenvalue weighted by atomic mass is 32.1. The average Bonchev–Trinajstić information content (AvgIpc) is 2.99. The van der Waals surface area contributed by atoms with Crippen molar-refractivity contribution < 1.29 is 5.11 Å². The number of phenols is 1. The van der Waals surface area contributed by atoms with Crippen molar-refractivity contribution in [2.24, 2.45) is 0 Å². The number of anilines is 1. The quantitative estimate of drug-likeness (QED) is 0.766. The van der Waals surface area contributed by atoms with Gasteiger partial charge in [0, 0.05) is 37.9 Å². The van der Waals surface area contributed by atoms with Crippen molar-refractivity contribution in [3.63, 3.8) is 0 Å². The maximum atomic E-state index is 12.0. The van der Waals surface area contributed by atoms with Gasteiger partial charge in [-0.25, -0.2) is 4.98 Å². The first-order valence-electron chi connectivity index (χ1n) is 8.22. The van der Waals surface area contributed by atoms with Crippen molar-refractivity contribution in [2.45, 2.75) is 13.5 Å². The molecule has 3 heterocycles. The number of piperazine rings is 1. The van der Waals surface area contributed by atoms with E-state index in [4.69, 9.17) is 0 Å². The molecule has 2 aromatic heterocycles. The number of aromatic hydroxyl groups is 1. The predicted molar refractivity (Wildman–Crippen MR) is 97.5 cm³/mol. The zero-order valence-corrected chi connectivity index (χ0v) is 14.7. The summed E-state index contributed by atoms with van der Waals surface area (Å²) in [7, 11) is 0. The molecule has 1 aliphatic rings. The molecule has 1 aliphatic heterocycles. The van der Waals surface area contributed by atoms with E-state index >= 15 is 0 Å². The Labute approximate surface area is 148 Å². The molecular formula is C17H19N5O2S. The Hall–Kier alpha value is -2.45. The van der Waals surface area contributed by atoms with Crippen LogP contribution in [-0.4, -0.2) is 50.8 Å². The molecule has 25 heavy (non-hydrogen) atoms. The second-order valence-corrected chi connectivity index (χ2v) is 7.22. The third-order valence-electron chi connectivity index (χ3n) is 4.37. The number of hydrogen-bond acceptors (Lipinski definition) is 7. The molecule has 130 valence electrons. The van der Waals surface area contributed by atoms with Gasteiger partial charge in [-0.3, -0.25) is 9.69 Å². The fraction of sp³-hybridized carbons (Fsp3) is 0.353. The van der Waals surface area contributed by atoms with Crippen LogP contribution >= 0.6 is 11.3 Å². The number of rotatable bonds is 3. The zero-order valence-electron chi connectivity index (χ0n) is 13.9. The first-order chi connectivity index (χ1) is 12.1. The molecule has 1 N–H and O–H groups in total. The van der Waals surface area contributed by atoms with Gasteiger partial charge in [-0.1, -0.05) is 23.5 Å². The Morgan fingerprint density at radius 2 is 1.96 bits per heavy atom. The molecule has 0 spiro atoms. The summed E-state index contributed by atoms with van der Waals surface area (Å²) in [5, 5.41) is 15.3. The van der Waals surface area contributed by atoms with Crippen molar-refractivity contribution in [2.75, 3.05) is 31.1 Å². The van der Waals surface area contributed by atoms with Crippen LogP contribution in [0, 0.1) is 6.92 Å². The largest absolute Gasteiger partial charge is 0.506 e. The van der Waals surface area contributed by atoms with Crippen molar-refractivity contribution >= 4 is 22.0 Å². The van der Waals surface area contributed by atoms with Gasteiger partial charge in [0.1, 0.15) is 10.8 Å². The first kappa shape index (κ1) is 16.0. The molecular weight excluding hydrogens is 338 g/mol. The van der Waals surface area contributed by atoms with E-state index in [9.17, 15) is 9.90 Å². The minimum absolute atomic E-state index is 0.130. The molecule has 4 rings (SSSR count). The van der Waals surface area contributed by atoms with Gasteiger partial charge in [0.2, 0.25) is 4.96 Å². The lowest BCUT2D eigenvalue weighted by atomic mass is 10.2. The minimum atomic E-state index is -0.130. The molecule has 1 aromatic carbocycles. The number of fused-ring (bicyclic) bond motifs is 1. The van der Waals surface area contributed by atoms with Gasteiger partial charge < -0.3 is 10.0 Å². The van der Waals surface area contributed by atoms with Gasteiger partial charge in [-0.15, -0.1) is 0 Å². The standard InChI is InChI=1S/C17H19N5O2S/c1-12-10-16(24)22-17(18-12)25-15(19-22)11-20-6-8-21(9-7-20)13-4-2-3-5-14(13)23/h2-5,10,23H,6-9,11H2,1H3. The number of hydrogen-bond donors (Lipinski definition) is 1. The third kappa shape index (κ3) is 3.22. The summed E-state index contributed by atoms with van der Waals surface area (Å²) in [6.07, 6.45) is 0. The molecule has 0 bridgehead atoms. The lowest BCUT2D eigenvalue weighted by Crippen LogP contribution is -2.46. The van der Waals surface area contributed by atoms with Crippen molar-refractivity contribution in [1.29, 1.82) is 0 Å². The van der Waals surface area contributed by atoms with Gasteiger partial charge in [0.05, 0.1) is 12.2 Å². The Morgan fingerprint density at radius 3 is 2.72 bits per heavy atom. The molecule has 0 unspecified atom stereocenters. The van der Waals surface area contributed by atoms with Crippen molar-refractivity contribution in [1.82, 2.24) is 19.5 Å². The van der Waals surface area contributed by atoms with Crippen molar-refractivity contribution in [3.05, 3.63) is 51.4 Å². The number of phenolic OH excluding ortho intramolecular Hbond substituents is 1. The Kier molecular flexibility index (Phi) is 4.14. The molecule has 1 fully saturated rings. The summed E-state index contributed by atoms with van der Waals surface area (Å²) in [5.41, 5.74) is 1.47. The SMILES string of the molecule is Cc1cc(=O)n2nc(CN3CCN(c4ccccc4O)CC3)sc2n1. The Bertz CT molecular complexity index is 959. The van der Waals surface area contributed by atoms with Crippen LogP contribution in [0.4, 0.5) is 5.69 Å². The molecule has 0 radical (unpaired) electrons. The number of aromatic nitrogens is 3. The minimum Gasteiger partial charge on any atom is -0.506 e. The van der Waals surface area contributed by atoms with E-state index in [0.717, 1.165) is 42.6 Å². The van der Waals surface area contributed by atoms with Crippen LogP contribution < -0.4 is 10.5 Å². The molecule has 7 nitrogen and oxygen atoms in total. The summed E-state index contributed by atoms with van der Waals surface area (Å²) < 4.78 is 1.38. The third-order valence-corrected chi connectivity index (χ3v) is 5.26. The van der Waals surface area contributed by atoms with Gasteiger partial charge in [-0.2, -0.15) is 9.61 Å². The maximum Gasteiger partial charge on any atom is 0.275 e. The molecule has 0 saturated carbocycles. The Balaban J connectivity index is 1.44. The molecule has 0 amide bonds. The van der Waals surface area contributed by atoms with E-state index in [0.29, 0.717) is 17.3 Å². The normalized spacial score (nSPS) is 15.8. The molecule has 8 heteroatoms. The number of para-hydroxylation sites is 2. The molecule has 0 atom stereocenters. The summed E-state index contributed by atoms with van der Waals surface area (Å²) in [5.74, 6) is 0.322.